The van der Waals surface area contributed by atoms with Crippen LogP contribution in [0.15, 0.2) is 24.3 Å². The molecule has 1 aromatic rings. The lowest BCUT2D eigenvalue weighted by molar-refractivity contribution is -0.146. The number of esters is 1. The van der Waals surface area contributed by atoms with Crippen LogP contribution in [-0.2, 0) is 19.1 Å². The van der Waals surface area contributed by atoms with E-state index in [9.17, 15) is 14.4 Å². The summed E-state index contributed by atoms with van der Waals surface area (Å²) < 4.78 is 4.65. The summed E-state index contributed by atoms with van der Waals surface area (Å²) >= 11 is 0. The lowest BCUT2D eigenvalue weighted by Gasteiger charge is -2.33. The molecule has 2 heterocycles. The molecule has 0 spiro atoms. The van der Waals surface area contributed by atoms with E-state index < -0.39 is 12.0 Å². The van der Waals surface area contributed by atoms with E-state index in [4.69, 9.17) is 0 Å². The zero-order valence-electron chi connectivity index (χ0n) is 15.6. The molecule has 0 aromatic heterocycles. The smallest absolute Gasteiger partial charge is 0.307 e. The molecule has 1 aromatic carbocycles. The summed E-state index contributed by atoms with van der Waals surface area (Å²) in [5, 5.41) is 5.59. The Hall–Kier alpha value is -2.61. The second-order valence-electron chi connectivity index (χ2n) is 6.85. The van der Waals surface area contributed by atoms with Crippen LogP contribution < -0.4 is 15.5 Å². The number of amides is 2. The van der Waals surface area contributed by atoms with Crippen LogP contribution in [0.25, 0.3) is 0 Å². The third-order valence-corrected chi connectivity index (χ3v) is 5.00. The minimum Gasteiger partial charge on any atom is -0.469 e. The van der Waals surface area contributed by atoms with Gasteiger partial charge in [-0.3, -0.25) is 19.3 Å². The van der Waals surface area contributed by atoms with Gasteiger partial charge in [-0.05, 0) is 37.1 Å². The van der Waals surface area contributed by atoms with E-state index in [0.29, 0.717) is 18.8 Å². The lowest BCUT2D eigenvalue weighted by Crippen LogP contribution is -2.57. The molecule has 3 rings (SSSR count). The number of carbonyl (C=O) groups is 3. The monoisotopic (exact) mass is 374 g/mol. The van der Waals surface area contributed by atoms with Crippen LogP contribution in [-0.4, -0.2) is 68.6 Å². The highest BCUT2D eigenvalue weighted by atomic mass is 16.5. The van der Waals surface area contributed by atoms with Crippen LogP contribution in [0, 0.1) is 0 Å². The van der Waals surface area contributed by atoms with E-state index in [1.807, 2.05) is 24.3 Å². The highest BCUT2D eigenvalue weighted by Gasteiger charge is 2.33. The van der Waals surface area contributed by atoms with Crippen molar-refractivity contribution in [1.82, 2.24) is 10.2 Å². The first-order valence-corrected chi connectivity index (χ1v) is 9.30. The van der Waals surface area contributed by atoms with Gasteiger partial charge in [-0.2, -0.15) is 0 Å². The van der Waals surface area contributed by atoms with Gasteiger partial charge < -0.3 is 20.3 Å². The summed E-state index contributed by atoms with van der Waals surface area (Å²) in [5.74, 6) is -0.942. The van der Waals surface area contributed by atoms with Crippen molar-refractivity contribution in [2.75, 3.05) is 50.1 Å². The molecule has 0 radical (unpaired) electrons. The van der Waals surface area contributed by atoms with Gasteiger partial charge in [0.25, 0.3) is 0 Å². The largest absolute Gasteiger partial charge is 0.469 e. The van der Waals surface area contributed by atoms with Gasteiger partial charge in [0, 0.05) is 37.6 Å². The van der Waals surface area contributed by atoms with Crippen molar-refractivity contribution in [3.05, 3.63) is 24.3 Å². The molecular weight excluding hydrogens is 348 g/mol. The fourth-order valence-electron chi connectivity index (χ4n) is 3.53. The van der Waals surface area contributed by atoms with Gasteiger partial charge in [-0.25, -0.2) is 0 Å². The Labute approximate surface area is 158 Å². The van der Waals surface area contributed by atoms with E-state index >= 15 is 0 Å². The van der Waals surface area contributed by atoms with Crippen molar-refractivity contribution in [3.63, 3.8) is 0 Å². The van der Waals surface area contributed by atoms with Crippen molar-refractivity contribution in [1.29, 1.82) is 0 Å². The highest BCUT2D eigenvalue weighted by Crippen LogP contribution is 2.22. The number of anilines is 2. The van der Waals surface area contributed by atoms with Crippen molar-refractivity contribution in [3.8, 4) is 0 Å². The van der Waals surface area contributed by atoms with Gasteiger partial charge in [-0.1, -0.05) is 0 Å². The molecule has 1 atom stereocenters. The topological polar surface area (TPSA) is 91.0 Å². The average Bonchev–Trinajstić information content (AvgIpc) is 3.19. The maximum atomic E-state index is 12.4. The number of hydrogen-bond acceptors (Lipinski definition) is 6. The summed E-state index contributed by atoms with van der Waals surface area (Å²) in [7, 11) is 1.28. The molecule has 2 N–H and O–H groups in total. The van der Waals surface area contributed by atoms with Gasteiger partial charge in [0.05, 0.1) is 20.1 Å². The second-order valence-corrected chi connectivity index (χ2v) is 6.85. The van der Waals surface area contributed by atoms with Crippen LogP contribution in [0.5, 0.6) is 0 Å². The summed E-state index contributed by atoms with van der Waals surface area (Å²) in [6.07, 6.45) is 2.36. The van der Waals surface area contributed by atoms with E-state index in [1.165, 1.54) is 20.0 Å². The molecule has 146 valence electrons. The quantitative estimate of drug-likeness (QED) is 0.708. The van der Waals surface area contributed by atoms with Gasteiger partial charge in [-0.15, -0.1) is 0 Å². The first-order chi connectivity index (χ1) is 13.1. The Kier molecular flexibility index (Phi) is 6.28. The molecule has 27 heavy (non-hydrogen) atoms. The normalized spacial score (nSPS) is 20.3. The zero-order chi connectivity index (χ0) is 19.2. The fourth-order valence-corrected chi connectivity index (χ4v) is 3.53. The van der Waals surface area contributed by atoms with Gasteiger partial charge in [0.1, 0.15) is 6.04 Å². The average molecular weight is 374 g/mol. The van der Waals surface area contributed by atoms with Crippen LogP contribution in [0.4, 0.5) is 11.4 Å². The van der Waals surface area contributed by atoms with Crippen molar-refractivity contribution < 1.29 is 19.1 Å². The number of methoxy groups -OCH3 is 1. The maximum absolute atomic E-state index is 12.4. The standard InChI is InChI=1S/C19H26N4O4/c1-27-18(25)12-16-19(26)20-8-11-23(16)13-17(24)21-14-4-6-15(7-5-14)22-9-2-3-10-22/h4-7,16H,2-3,8-13H2,1H3,(H,20,26)(H,21,24)/t16-/m1/s1. The van der Waals surface area contributed by atoms with Gasteiger partial charge >= 0.3 is 5.97 Å². The predicted octanol–water partition coefficient (Wildman–Crippen LogP) is 0.589. The number of nitrogens with zero attached hydrogens (tertiary/aromatic N) is 2. The number of piperazine rings is 1. The van der Waals surface area contributed by atoms with Crippen molar-refractivity contribution in [2.24, 2.45) is 0 Å². The highest BCUT2D eigenvalue weighted by molar-refractivity contribution is 5.93. The molecular formula is C19H26N4O4. The Morgan fingerprint density at radius 2 is 1.89 bits per heavy atom. The third-order valence-electron chi connectivity index (χ3n) is 5.00. The summed E-state index contributed by atoms with van der Waals surface area (Å²) in [4.78, 5) is 40.1. The zero-order valence-corrected chi connectivity index (χ0v) is 15.6. The Morgan fingerprint density at radius 1 is 1.19 bits per heavy atom. The van der Waals surface area contributed by atoms with Gasteiger partial charge in [0.2, 0.25) is 11.8 Å². The van der Waals surface area contributed by atoms with Gasteiger partial charge in [0.15, 0.2) is 0 Å². The molecule has 0 saturated carbocycles. The Balaban J connectivity index is 1.56. The number of carbonyl (C=O) groups excluding carboxylic acids is 3. The molecule has 2 amide bonds. The predicted molar refractivity (Wildman–Crippen MR) is 102 cm³/mol. The molecule has 0 bridgehead atoms. The minimum absolute atomic E-state index is 0.0446. The molecule has 8 nitrogen and oxygen atoms in total. The van der Waals surface area contributed by atoms with Crippen LogP contribution in [0.2, 0.25) is 0 Å². The van der Waals surface area contributed by atoms with E-state index in [0.717, 1.165) is 18.8 Å². The van der Waals surface area contributed by atoms with Crippen molar-refractivity contribution in [2.45, 2.75) is 25.3 Å². The third kappa shape index (κ3) is 4.97. The minimum atomic E-state index is -0.686. The molecule has 2 fully saturated rings. The SMILES string of the molecule is COC(=O)C[C@@H]1C(=O)NCCN1CC(=O)Nc1ccc(N2CCCC2)cc1. The first kappa shape index (κ1) is 19.2. The van der Waals surface area contributed by atoms with Crippen LogP contribution in [0.3, 0.4) is 0 Å². The number of benzene rings is 1. The number of nitrogens with one attached hydrogen (secondary N) is 2. The molecule has 0 unspecified atom stereocenters. The van der Waals surface area contributed by atoms with E-state index in [-0.39, 0.29) is 24.8 Å². The van der Waals surface area contributed by atoms with Crippen molar-refractivity contribution >= 4 is 29.2 Å². The van der Waals surface area contributed by atoms with Crippen LogP contribution >= 0.6 is 0 Å². The summed E-state index contributed by atoms with van der Waals surface area (Å²) in [6, 6.07) is 7.11. The summed E-state index contributed by atoms with van der Waals surface area (Å²) in [6.45, 7) is 3.15. The fraction of sp³-hybridized carbons (Fsp3) is 0.526. The van der Waals surface area contributed by atoms with E-state index in [2.05, 4.69) is 20.3 Å². The lowest BCUT2D eigenvalue weighted by atomic mass is 10.1. The second kappa shape index (κ2) is 8.85. The number of ether oxygens (including phenoxy) is 1. The number of hydrogen-bond donors (Lipinski definition) is 2. The first-order valence-electron chi connectivity index (χ1n) is 9.30. The van der Waals surface area contributed by atoms with E-state index in [1.54, 1.807) is 4.90 Å². The molecule has 2 aliphatic rings. The molecule has 2 aliphatic heterocycles. The number of rotatable bonds is 6. The maximum Gasteiger partial charge on any atom is 0.307 e. The molecule has 2 saturated heterocycles. The Morgan fingerprint density at radius 3 is 2.56 bits per heavy atom. The molecule has 0 aliphatic carbocycles. The Bertz CT molecular complexity index is 685. The summed E-state index contributed by atoms with van der Waals surface area (Å²) in [5.41, 5.74) is 1.88. The molecule has 8 heteroatoms. The van der Waals surface area contributed by atoms with Crippen LogP contribution in [0.1, 0.15) is 19.3 Å².